The SMILES string of the molecule is O=C(C=Cc1ccc(C(F)(F)F)cc1)OCC(=O)N(Cc1ccccc1)C1CCS(=O)(=O)C1. The van der Waals surface area contributed by atoms with Crippen LogP contribution in [0.4, 0.5) is 13.2 Å². The predicted octanol–water partition coefficient (Wildman–Crippen LogP) is 3.48. The number of sulfone groups is 1. The minimum absolute atomic E-state index is 0.00805. The summed E-state index contributed by atoms with van der Waals surface area (Å²) >= 11 is 0. The van der Waals surface area contributed by atoms with Crippen molar-refractivity contribution in [3.05, 3.63) is 77.4 Å². The van der Waals surface area contributed by atoms with Crippen LogP contribution in [-0.2, 0) is 36.9 Å². The van der Waals surface area contributed by atoms with Crippen molar-refractivity contribution in [2.75, 3.05) is 18.1 Å². The molecule has 2 aromatic carbocycles. The van der Waals surface area contributed by atoms with E-state index < -0.39 is 46.1 Å². The molecule has 33 heavy (non-hydrogen) atoms. The van der Waals surface area contributed by atoms with Gasteiger partial charge in [0.2, 0.25) is 0 Å². The second-order valence-corrected chi connectivity index (χ2v) is 9.85. The van der Waals surface area contributed by atoms with E-state index in [4.69, 9.17) is 4.74 Å². The number of alkyl halides is 3. The summed E-state index contributed by atoms with van der Waals surface area (Å²) in [5.74, 6) is -1.53. The zero-order valence-corrected chi connectivity index (χ0v) is 18.3. The summed E-state index contributed by atoms with van der Waals surface area (Å²) in [5.41, 5.74) is 0.358. The molecule has 1 amide bonds. The molecule has 1 heterocycles. The third-order valence-electron chi connectivity index (χ3n) is 5.15. The van der Waals surface area contributed by atoms with Gasteiger partial charge in [-0.05, 0) is 35.8 Å². The Bertz CT molecular complexity index is 1110. The molecule has 0 aromatic heterocycles. The minimum atomic E-state index is -4.45. The summed E-state index contributed by atoms with van der Waals surface area (Å²) in [5, 5.41) is 0. The van der Waals surface area contributed by atoms with E-state index in [1.54, 1.807) is 12.1 Å². The molecular formula is C23H22F3NO5S. The summed E-state index contributed by atoms with van der Waals surface area (Å²) in [4.78, 5) is 26.2. The number of carbonyl (C=O) groups excluding carboxylic acids is 2. The van der Waals surface area contributed by atoms with Crippen LogP contribution in [0, 0.1) is 0 Å². The number of rotatable bonds is 7. The van der Waals surface area contributed by atoms with Crippen LogP contribution in [0.2, 0.25) is 0 Å². The van der Waals surface area contributed by atoms with Crippen molar-refractivity contribution in [3.63, 3.8) is 0 Å². The molecule has 1 atom stereocenters. The van der Waals surface area contributed by atoms with Crippen LogP contribution in [0.1, 0.15) is 23.1 Å². The van der Waals surface area contributed by atoms with E-state index in [1.165, 1.54) is 23.1 Å². The Morgan fingerprint density at radius 3 is 2.30 bits per heavy atom. The molecule has 1 aliphatic rings. The smallest absolute Gasteiger partial charge is 0.416 e. The molecule has 0 spiro atoms. The molecule has 176 valence electrons. The van der Waals surface area contributed by atoms with Crippen molar-refractivity contribution < 1.29 is 35.9 Å². The first-order valence-electron chi connectivity index (χ1n) is 10.1. The van der Waals surface area contributed by atoms with E-state index in [1.807, 2.05) is 18.2 Å². The highest BCUT2D eigenvalue weighted by molar-refractivity contribution is 7.91. The van der Waals surface area contributed by atoms with Crippen LogP contribution in [0.5, 0.6) is 0 Å². The summed E-state index contributed by atoms with van der Waals surface area (Å²) in [6, 6.07) is 12.7. The normalized spacial score (nSPS) is 17.7. The summed E-state index contributed by atoms with van der Waals surface area (Å²) in [6.07, 6.45) is -1.86. The first kappa shape index (κ1) is 24.5. The number of hydrogen-bond acceptors (Lipinski definition) is 5. The largest absolute Gasteiger partial charge is 0.452 e. The van der Waals surface area contributed by atoms with Crippen LogP contribution in [0.15, 0.2) is 60.7 Å². The van der Waals surface area contributed by atoms with Gasteiger partial charge in [-0.3, -0.25) is 4.79 Å². The average molecular weight is 481 g/mol. The molecular weight excluding hydrogens is 459 g/mol. The van der Waals surface area contributed by atoms with Crippen LogP contribution < -0.4 is 0 Å². The molecule has 0 aliphatic carbocycles. The Morgan fingerprint density at radius 1 is 1.06 bits per heavy atom. The number of benzene rings is 2. The van der Waals surface area contributed by atoms with Crippen LogP contribution in [0.25, 0.3) is 6.08 Å². The van der Waals surface area contributed by atoms with Gasteiger partial charge < -0.3 is 9.64 Å². The van der Waals surface area contributed by atoms with Gasteiger partial charge in [0.15, 0.2) is 16.4 Å². The third kappa shape index (κ3) is 7.18. The van der Waals surface area contributed by atoms with Gasteiger partial charge in [0.1, 0.15) is 0 Å². The van der Waals surface area contributed by atoms with Crippen LogP contribution >= 0.6 is 0 Å². The first-order chi connectivity index (χ1) is 15.5. The van der Waals surface area contributed by atoms with Gasteiger partial charge in [0.25, 0.3) is 5.91 Å². The molecule has 2 aromatic rings. The van der Waals surface area contributed by atoms with Crippen molar-refractivity contribution in [3.8, 4) is 0 Å². The second-order valence-electron chi connectivity index (χ2n) is 7.62. The monoisotopic (exact) mass is 481 g/mol. The van der Waals surface area contributed by atoms with Crippen molar-refractivity contribution in [1.29, 1.82) is 0 Å². The molecule has 1 unspecified atom stereocenters. The topological polar surface area (TPSA) is 80.8 Å². The fourth-order valence-corrected chi connectivity index (χ4v) is 5.16. The van der Waals surface area contributed by atoms with Gasteiger partial charge in [0.05, 0.1) is 17.1 Å². The Morgan fingerprint density at radius 2 is 1.73 bits per heavy atom. The number of hydrogen-bond donors (Lipinski definition) is 0. The van der Waals surface area contributed by atoms with E-state index in [0.717, 1.165) is 23.8 Å². The first-order valence-corrected chi connectivity index (χ1v) is 11.9. The van der Waals surface area contributed by atoms with Crippen LogP contribution in [0.3, 0.4) is 0 Å². The number of halogens is 3. The van der Waals surface area contributed by atoms with Gasteiger partial charge in [-0.25, -0.2) is 13.2 Å². The number of nitrogens with zero attached hydrogens (tertiary/aromatic N) is 1. The van der Waals surface area contributed by atoms with Crippen molar-refractivity contribution in [2.24, 2.45) is 0 Å². The lowest BCUT2D eigenvalue weighted by atomic mass is 10.1. The molecule has 1 saturated heterocycles. The lowest BCUT2D eigenvalue weighted by Gasteiger charge is -2.28. The van der Waals surface area contributed by atoms with E-state index >= 15 is 0 Å². The van der Waals surface area contributed by atoms with E-state index in [-0.39, 0.29) is 18.1 Å². The molecule has 10 heteroatoms. The Hall–Kier alpha value is -3.14. The zero-order valence-electron chi connectivity index (χ0n) is 17.5. The van der Waals surface area contributed by atoms with Crippen molar-refractivity contribution in [1.82, 2.24) is 4.90 Å². The minimum Gasteiger partial charge on any atom is -0.452 e. The highest BCUT2D eigenvalue weighted by Crippen LogP contribution is 2.29. The lowest BCUT2D eigenvalue weighted by molar-refractivity contribution is -0.149. The number of esters is 1. The van der Waals surface area contributed by atoms with E-state index in [0.29, 0.717) is 12.0 Å². The zero-order chi connectivity index (χ0) is 24.1. The van der Waals surface area contributed by atoms with Gasteiger partial charge >= 0.3 is 12.1 Å². The van der Waals surface area contributed by atoms with E-state index in [9.17, 15) is 31.2 Å². The van der Waals surface area contributed by atoms with Gasteiger partial charge in [-0.15, -0.1) is 0 Å². The maximum absolute atomic E-state index is 12.8. The molecule has 1 aliphatic heterocycles. The lowest BCUT2D eigenvalue weighted by Crippen LogP contribution is -2.42. The van der Waals surface area contributed by atoms with E-state index in [2.05, 4.69) is 0 Å². The van der Waals surface area contributed by atoms with Gasteiger partial charge in [-0.2, -0.15) is 13.2 Å². The summed E-state index contributed by atoms with van der Waals surface area (Å²) in [6.45, 7) is -0.404. The van der Waals surface area contributed by atoms with Crippen molar-refractivity contribution in [2.45, 2.75) is 25.2 Å². The summed E-state index contributed by atoms with van der Waals surface area (Å²) in [7, 11) is -3.23. The molecule has 0 N–H and O–H groups in total. The quantitative estimate of drug-likeness (QED) is 0.447. The fraction of sp³-hybridized carbons (Fsp3) is 0.304. The number of amides is 1. The molecule has 1 fully saturated rings. The molecule has 0 bridgehead atoms. The van der Waals surface area contributed by atoms with Crippen molar-refractivity contribution >= 4 is 27.8 Å². The van der Waals surface area contributed by atoms with Crippen LogP contribution in [-0.4, -0.2) is 49.3 Å². The highest BCUT2D eigenvalue weighted by Gasteiger charge is 2.35. The Balaban J connectivity index is 1.60. The highest BCUT2D eigenvalue weighted by atomic mass is 32.2. The number of ether oxygens (including phenoxy) is 1. The second kappa shape index (κ2) is 10.2. The summed E-state index contributed by atoms with van der Waals surface area (Å²) < 4.78 is 66.6. The third-order valence-corrected chi connectivity index (χ3v) is 6.90. The molecule has 0 radical (unpaired) electrons. The Kier molecular flexibility index (Phi) is 7.57. The molecule has 0 saturated carbocycles. The fourth-order valence-electron chi connectivity index (χ4n) is 3.43. The number of carbonyl (C=O) groups is 2. The molecule has 6 nitrogen and oxygen atoms in total. The average Bonchev–Trinajstić information content (AvgIpc) is 3.14. The molecule has 3 rings (SSSR count). The predicted molar refractivity (Wildman–Crippen MR) is 115 cm³/mol. The van der Waals surface area contributed by atoms with Gasteiger partial charge in [-0.1, -0.05) is 42.5 Å². The Labute approximate surface area is 189 Å². The maximum Gasteiger partial charge on any atom is 0.416 e. The standard InChI is InChI=1S/C23H22F3NO5S/c24-23(25,26)19-9-6-17(7-10-19)8-11-22(29)32-15-21(28)27(14-18-4-2-1-3-5-18)20-12-13-33(30,31)16-20/h1-11,20H,12-16H2. The maximum atomic E-state index is 12.8. The van der Waals surface area contributed by atoms with Gasteiger partial charge in [0, 0.05) is 18.7 Å².